The van der Waals surface area contributed by atoms with E-state index in [4.69, 9.17) is 9.47 Å². The van der Waals surface area contributed by atoms with Gasteiger partial charge < -0.3 is 14.8 Å². The van der Waals surface area contributed by atoms with E-state index in [0.29, 0.717) is 32.1 Å². The maximum atomic E-state index is 12.2. The van der Waals surface area contributed by atoms with Crippen LogP contribution in [0.5, 0.6) is 0 Å². The predicted molar refractivity (Wildman–Crippen MR) is 97.9 cm³/mol. The molecular weight excluding hydrogens is 346 g/mol. The average Bonchev–Trinajstić information content (AvgIpc) is 3.20. The number of aromatic nitrogens is 4. The van der Waals surface area contributed by atoms with Gasteiger partial charge in [-0.3, -0.25) is 4.79 Å². The molecule has 2 heterocycles. The zero-order valence-corrected chi connectivity index (χ0v) is 15.3. The minimum atomic E-state index is -0.120. The van der Waals surface area contributed by atoms with E-state index in [1.807, 2.05) is 30.3 Å². The van der Waals surface area contributed by atoms with Gasteiger partial charge in [0.1, 0.15) is 0 Å². The van der Waals surface area contributed by atoms with E-state index in [0.717, 1.165) is 31.2 Å². The summed E-state index contributed by atoms with van der Waals surface area (Å²) in [6.45, 7) is 1.69. The van der Waals surface area contributed by atoms with Crippen LogP contribution < -0.4 is 5.32 Å². The number of nitrogens with zero attached hydrogens (tertiary/aromatic N) is 4. The third kappa shape index (κ3) is 4.70. The molecule has 27 heavy (non-hydrogen) atoms. The molecule has 144 valence electrons. The molecule has 2 aliphatic rings. The van der Waals surface area contributed by atoms with Gasteiger partial charge in [0.25, 0.3) is 0 Å². The Bertz CT molecular complexity index is 737. The van der Waals surface area contributed by atoms with Crippen molar-refractivity contribution in [2.45, 2.75) is 50.3 Å². The Morgan fingerprint density at radius 2 is 1.96 bits per heavy atom. The van der Waals surface area contributed by atoms with Crippen LogP contribution in [0.25, 0.3) is 11.4 Å². The zero-order valence-electron chi connectivity index (χ0n) is 15.3. The van der Waals surface area contributed by atoms with Gasteiger partial charge in [-0.15, -0.1) is 10.2 Å². The third-order valence-corrected chi connectivity index (χ3v) is 5.15. The predicted octanol–water partition coefficient (Wildman–Crippen LogP) is 1.75. The molecule has 2 fully saturated rings. The Hall–Kier alpha value is -2.32. The molecule has 0 radical (unpaired) electrons. The molecule has 8 nitrogen and oxygen atoms in total. The monoisotopic (exact) mass is 371 g/mol. The number of tetrazole rings is 1. The van der Waals surface area contributed by atoms with E-state index in [9.17, 15) is 4.79 Å². The number of amides is 1. The summed E-state index contributed by atoms with van der Waals surface area (Å²) >= 11 is 0. The molecule has 0 bridgehead atoms. The molecule has 2 aromatic rings. The molecule has 4 rings (SSSR count). The summed E-state index contributed by atoms with van der Waals surface area (Å²) in [7, 11) is 0. The summed E-state index contributed by atoms with van der Waals surface area (Å²) < 4.78 is 10.9. The van der Waals surface area contributed by atoms with Crippen LogP contribution in [0.2, 0.25) is 0 Å². The Morgan fingerprint density at radius 1 is 1.15 bits per heavy atom. The van der Waals surface area contributed by atoms with Crippen LogP contribution in [0, 0.1) is 0 Å². The molecule has 0 spiro atoms. The highest BCUT2D eigenvalue weighted by Crippen LogP contribution is 2.28. The second kappa shape index (κ2) is 8.58. The Labute approximate surface area is 158 Å². The van der Waals surface area contributed by atoms with Crippen molar-refractivity contribution in [3.63, 3.8) is 0 Å². The normalized spacial score (nSPS) is 25.9. The van der Waals surface area contributed by atoms with Gasteiger partial charge >= 0.3 is 0 Å². The van der Waals surface area contributed by atoms with Crippen LogP contribution in [0.1, 0.15) is 38.1 Å². The minimum absolute atomic E-state index is 0.0409. The lowest BCUT2D eigenvalue weighted by Gasteiger charge is -2.29. The van der Waals surface area contributed by atoms with E-state index >= 15 is 0 Å². The molecule has 1 amide bonds. The van der Waals surface area contributed by atoms with Crippen molar-refractivity contribution in [3.05, 3.63) is 30.3 Å². The van der Waals surface area contributed by atoms with Gasteiger partial charge in [-0.2, -0.15) is 4.80 Å². The number of benzene rings is 1. The van der Waals surface area contributed by atoms with Crippen molar-refractivity contribution in [1.29, 1.82) is 0 Å². The van der Waals surface area contributed by atoms with Crippen LogP contribution in [0.4, 0.5) is 0 Å². The highest BCUT2D eigenvalue weighted by atomic mass is 16.6. The van der Waals surface area contributed by atoms with E-state index in [1.165, 1.54) is 0 Å². The molecule has 1 atom stereocenters. The molecule has 1 saturated heterocycles. The summed E-state index contributed by atoms with van der Waals surface area (Å²) in [6, 6.07) is 10.3. The van der Waals surface area contributed by atoms with Crippen molar-refractivity contribution in [3.8, 4) is 11.4 Å². The maximum absolute atomic E-state index is 12.2. The molecular formula is C19H25N5O3. The first-order chi connectivity index (χ1) is 13.3. The fourth-order valence-electron chi connectivity index (χ4n) is 3.68. The first kappa shape index (κ1) is 18.1. The van der Waals surface area contributed by atoms with Crippen molar-refractivity contribution < 1.29 is 14.3 Å². The Morgan fingerprint density at radius 3 is 2.70 bits per heavy atom. The number of nitrogens with one attached hydrogen (secondary N) is 1. The number of rotatable bonds is 5. The molecule has 1 saturated carbocycles. The molecule has 1 aliphatic carbocycles. The topological polar surface area (TPSA) is 91.2 Å². The first-order valence-corrected chi connectivity index (χ1v) is 9.61. The van der Waals surface area contributed by atoms with Gasteiger partial charge in [0.15, 0.2) is 0 Å². The lowest BCUT2D eigenvalue weighted by atomic mass is 9.91. The summed E-state index contributed by atoms with van der Waals surface area (Å²) in [5.41, 5.74) is 0.971. The smallest absolute Gasteiger partial charge is 0.222 e. The van der Waals surface area contributed by atoms with Gasteiger partial charge in [-0.1, -0.05) is 30.3 Å². The van der Waals surface area contributed by atoms with Crippen molar-refractivity contribution in [2.24, 2.45) is 0 Å². The fourth-order valence-corrected chi connectivity index (χ4v) is 3.68. The van der Waals surface area contributed by atoms with Crippen LogP contribution in [0.15, 0.2) is 30.3 Å². The van der Waals surface area contributed by atoms with Gasteiger partial charge in [0.2, 0.25) is 11.7 Å². The number of carbonyl (C=O) groups excluding carboxylic acids is 1. The molecule has 1 aromatic carbocycles. The van der Waals surface area contributed by atoms with Crippen LogP contribution >= 0.6 is 0 Å². The van der Waals surface area contributed by atoms with E-state index in [1.54, 1.807) is 4.80 Å². The SMILES string of the molecule is O=C(CC1COCCO1)NC1CCC(n2nnc(-c3ccccc3)n2)CC1. The molecule has 1 N–H and O–H groups in total. The average molecular weight is 371 g/mol. The largest absolute Gasteiger partial charge is 0.376 e. The first-order valence-electron chi connectivity index (χ1n) is 9.61. The van der Waals surface area contributed by atoms with Gasteiger partial charge in [-0.25, -0.2) is 0 Å². The highest BCUT2D eigenvalue weighted by molar-refractivity contribution is 5.76. The third-order valence-electron chi connectivity index (χ3n) is 5.15. The molecule has 1 unspecified atom stereocenters. The van der Waals surface area contributed by atoms with Crippen LogP contribution in [-0.2, 0) is 14.3 Å². The van der Waals surface area contributed by atoms with E-state index < -0.39 is 0 Å². The minimum Gasteiger partial charge on any atom is -0.376 e. The summed E-state index contributed by atoms with van der Waals surface area (Å²) in [6.07, 6.45) is 3.94. The number of hydrogen-bond donors (Lipinski definition) is 1. The van der Waals surface area contributed by atoms with Crippen LogP contribution in [0.3, 0.4) is 0 Å². The summed E-state index contributed by atoms with van der Waals surface area (Å²) in [4.78, 5) is 13.9. The second-order valence-electron chi connectivity index (χ2n) is 7.14. The van der Waals surface area contributed by atoms with E-state index in [-0.39, 0.29) is 24.1 Å². The number of hydrogen-bond acceptors (Lipinski definition) is 6. The quantitative estimate of drug-likeness (QED) is 0.861. The molecule has 1 aromatic heterocycles. The van der Waals surface area contributed by atoms with Gasteiger partial charge in [0.05, 0.1) is 38.4 Å². The van der Waals surface area contributed by atoms with Gasteiger partial charge in [0, 0.05) is 11.6 Å². The standard InChI is InChI=1S/C19H25N5O3/c25-18(12-17-13-26-10-11-27-17)20-15-6-8-16(9-7-15)24-22-19(21-23-24)14-4-2-1-3-5-14/h1-5,15-17H,6-13H2,(H,20,25). The van der Waals surface area contributed by atoms with Gasteiger partial charge in [-0.05, 0) is 30.9 Å². The number of ether oxygens (including phenoxy) is 2. The molecule has 8 heteroatoms. The lowest BCUT2D eigenvalue weighted by Crippen LogP contribution is -2.41. The number of carbonyl (C=O) groups is 1. The van der Waals surface area contributed by atoms with Crippen LogP contribution in [-0.4, -0.2) is 58.1 Å². The zero-order chi connectivity index (χ0) is 18.5. The highest BCUT2D eigenvalue weighted by Gasteiger charge is 2.26. The Balaban J connectivity index is 1.25. The Kier molecular flexibility index (Phi) is 5.74. The van der Waals surface area contributed by atoms with E-state index in [2.05, 4.69) is 20.7 Å². The lowest BCUT2D eigenvalue weighted by molar-refractivity contribution is -0.132. The second-order valence-corrected chi connectivity index (χ2v) is 7.14. The fraction of sp³-hybridized carbons (Fsp3) is 0.579. The van der Waals surface area contributed by atoms with Crippen molar-refractivity contribution in [2.75, 3.05) is 19.8 Å². The summed E-state index contributed by atoms with van der Waals surface area (Å²) in [5, 5.41) is 16.1. The summed E-state index contributed by atoms with van der Waals surface area (Å²) in [5.74, 6) is 0.694. The molecule has 1 aliphatic heterocycles. The van der Waals surface area contributed by atoms with Crippen molar-refractivity contribution >= 4 is 5.91 Å². The maximum Gasteiger partial charge on any atom is 0.222 e. The van der Waals surface area contributed by atoms with Crippen molar-refractivity contribution in [1.82, 2.24) is 25.5 Å².